The van der Waals surface area contributed by atoms with Crippen molar-refractivity contribution in [3.8, 4) is 5.75 Å². The molecule has 0 spiro atoms. The van der Waals surface area contributed by atoms with E-state index in [9.17, 15) is 9.18 Å². The number of rotatable bonds is 5. The van der Waals surface area contributed by atoms with Crippen LogP contribution in [0.25, 0.3) is 0 Å². The fourth-order valence-electron chi connectivity index (χ4n) is 2.70. The van der Waals surface area contributed by atoms with Crippen LogP contribution in [0, 0.1) is 5.82 Å². The minimum absolute atomic E-state index is 0.0392. The van der Waals surface area contributed by atoms with Crippen molar-refractivity contribution in [3.05, 3.63) is 64.9 Å². The Labute approximate surface area is 151 Å². The van der Waals surface area contributed by atoms with Crippen LogP contribution in [0.3, 0.4) is 0 Å². The quantitative estimate of drug-likeness (QED) is 0.818. The maximum absolute atomic E-state index is 12.9. The van der Waals surface area contributed by atoms with Gasteiger partial charge in [0.05, 0.1) is 19.6 Å². The number of benzene rings is 2. The summed E-state index contributed by atoms with van der Waals surface area (Å²) < 4.78 is 24.2. The average Bonchev–Trinajstić information content (AvgIpc) is 2.61. The summed E-state index contributed by atoms with van der Waals surface area (Å²) in [6, 6.07) is 13.1. The molecule has 0 radical (unpaired) electrons. The van der Waals surface area contributed by atoms with E-state index < -0.39 is 0 Å². The summed E-state index contributed by atoms with van der Waals surface area (Å²) in [6.45, 7) is 1.82. The topological polar surface area (TPSA) is 38.8 Å². The highest BCUT2D eigenvalue weighted by molar-refractivity contribution is 6.30. The van der Waals surface area contributed by atoms with Gasteiger partial charge in [0.15, 0.2) is 0 Å². The lowest BCUT2D eigenvalue weighted by molar-refractivity contribution is -0.139. The van der Waals surface area contributed by atoms with E-state index in [2.05, 4.69) is 0 Å². The second-order valence-electron chi connectivity index (χ2n) is 5.90. The number of ether oxygens (including phenoxy) is 2. The molecule has 6 heteroatoms. The third kappa shape index (κ3) is 5.18. The molecule has 2 aromatic carbocycles. The van der Waals surface area contributed by atoms with Gasteiger partial charge in [0.1, 0.15) is 24.3 Å². The first-order valence-electron chi connectivity index (χ1n) is 8.12. The zero-order valence-electron chi connectivity index (χ0n) is 13.7. The van der Waals surface area contributed by atoms with E-state index >= 15 is 0 Å². The van der Waals surface area contributed by atoms with Gasteiger partial charge in [0.25, 0.3) is 0 Å². The first-order chi connectivity index (χ1) is 12.1. The van der Waals surface area contributed by atoms with Crippen molar-refractivity contribution in [1.82, 2.24) is 4.90 Å². The summed E-state index contributed by atoms with van der Waals surface area (Å²) in [7, 11) is 0. The van der Waals surface area contributed by atoms with Crippen molar-refractivity contribution in [1.29, 1.82) is 0 Å². The number of carbonyl (C=O) groups excluding carboxylic acids is 1. The lowest BCUT2D eigenvalue weighted by atomic mass is 10.1. The van der Waals surface area contributed by atoms with Crippen LogP contribution in [-0.4, -0.2) is 43.2 Å². The summed E-state index contributed by atoms with van der Waals surface area (Å²) in [4.78, 5) is 14.3. The number of hydrogen-bond acceptors (Lipinski definition) is 3. The normalized spacial score (nSPS) is 17.4. The number of hydrogen-bond donors (Lipinski definition) is 0. The molecule has 1 atom stereocenters. The molecule has 1 fully saturated rings. The maximum Gasteiger partial charge on any atom is 0.227 e. The molecule has 0 saturated carbocycles. The van der Waals surface area contributed by atoms with Crippen LogP contribution >= 0.6 is 11.6 Å². The molecule has 1 amide bonds. The highest BCUT2D eigenvalue weighted by atomic mass is 35.5. The van der Waals surface area contributed by atoms with E-state index in [-0.39, 0.29) is 17.8 Å². The van der Waals surface area contributed by atoms with E-state index in [0.29, 0.717) is 43.5 Å². The Morgan fingerprint density at radius 1 is 1.28 bits per heavy atom. The summed E-state index contributed by atoms with van der Waals surface area (Å²) in [5.41, 5.74) is 0.892. The summed E-state index contributed by atoms with van der Waals surface area (Å²) in [6.07, 6.45) is 0.105. The van der Waals surface area contributed by atoms with Gasteiger partial charge in [-0.05, 0) is 42.0 Å². The van der Waals surface area contributed by atoms with Crippen LogP contribution < -0.4 is 4.74 Å². The van der Waals surface area contributed by atoms with Crippen molar-refractivity contribution < 1.29 is 18.7 Å². The average molecular weight is 364 g/mol. The maximum atomic E-state index is 12.9. The zero-order chi connectivity index (χ0) is 17.6. The highest BCUT2D eigenvalue weighted by Gasteiger charge is 2.24. The van der Waals surface area contributed by atoms with Gasteiger partial charge in [0.2, 0.25) is 5.91 Å². The van der Waals surface area contributed by atoms with Crippen molar-refractivity contribution in [2.45, 2.75) is 12.5 Å². The summed E-state index contributed by atoms with van der Waals surface area (Å²) in [5.74, 6) is 0.309. The lowest BCUT2D eigenvalue weighted by Crippen LogP contribution is -2.48. The fraction of sp³-hybridized carbons (Fsp3) is 0.316. The number of halogens is 2. The van der Waals surface area contributed by atoms with Crippen LogP contribution in [0.15, 0.2) is 48.5 Å². The van der Waals surface area contributed by atoms with Gasteiger partial charge in [-0.25, -0.2) is 4.39 Å². The Hall–Kier alpha value is -2.11. The number of amides is 1. The molecule has 1 heterocycles. The second kappa shape index (κ2) is 8.32. The molecule has 1 unspecified atom stereocenters. The van der Waals surface area contributed by atoms with Crippen LogP contribution in [0.1, 0.15) is 5.56 Å². The fourth-order valence-corrected chi connectivity index (χ4v) is 2.91. The third-order valence-electron chi connectivity index (χ3n) is 3.99. The van der Waals surface area contributed by atoms with Crippen molar-refractivity contribution in [3.63, 3.8) is 0 Å². The van der Waals surface area contributed by atoms with Gasteiger partial charge < -0.3 is 14.4 Å². The molecule has 132 valence electrons. The third-order valence-corrected chi connectivity index (χ3v) is 4.22. The number of morpholine rings is 1. The smallest absolute Gasteiger partial charge is 0.227 e. The molecule has 0 N–H and O–H groups in total. The van der Waals surface area contributed by atoms with E-state index in [4.69, 9.17) is 21.1 Å². The summed E-state index contributed by atoms with van der Waals surface area (Å²) >= 11 is 5.96. The van der Waals surface area contributed by atoms with Crippen molar-refractivity contribution in [2.75, 3.05) is 26.3 Å². The Morgan fingerprint density at radius 3 is 2.84 bits per heavy atom. The van der Waals surface area contributed by atoms with Gasteiger partial charge in [0, 0.05) is 11.6 Å². The van der Waals surface area contributed by atoms with E-state index in [1.54, 1.807) is 29.2 Å². The van der Waals surface area contributed by atoms with Gasteiger partial charge in [-0.2, -0.15) is 0 Å². The molecule has 3 rings (SSSR count). The molecular formula is C19H19ClFNO3. The first-order valence-corrected chi connectivity index (χ1v) is 8.50. The predicted octanol–water partition coefficient (Wildman–Crippen LogP) is 3.33. The molecule has 1 saturated heterocycles. The minimum Gasteiger partial charge on any atom is -0.491 e. The van der Waals surface area contributed by atoms with Crippen molar-refractivity contribution >= 4 is 17.5 Å². The number of nitrogens with zero attached hydrogens (tertiary/aromatic N) is 1. The Kier molecular flexibility index (Phi) is 5.89. The van der Waals surface area contributed by atoms with Gasteiger partial charge in [-0.1, -0.05) is 23.7 Å². The minimum atomic E-state index is -0.306. The molecule has 0 aromatic heterocycles. The van der Waals surface area contributed by atoms with E-state index in [1.165, 1.54) is 12.1 Å². The first kappa shape index (κ1) is 17.7. The van der Waals surface area contributed by atoms with Crippen LogP contribution in [0.4, 0.5) is 4.39 Å². The molecule has 25 heavy (non-hydrogen) atoms. The monoisotopic (exact) mass is 363 g/mol. The van der Waals surface area contributed by atoms with Crippen molar-refractivity contribution in [2.24, 2.45) is 0 Å². The standard InChI is InChI=1S/C19H19ClFNO3/c20-15-3-1-2-14(10-15)11-19(23)22-8-9-24-18(12-22)13-25-17-6-4-16(21)5-7-17/h1-7,10,18H,8-9,11-13H2. The lowest BCUT2D eigenvalue weighted by Gasteiger charge is -2.33. The van der Waals surface area contributed by atoms with E-state index in [0.717, 1.165) is 5.56 Å². The molecule has 0 aliphatic carbocycles. The largest absolute Gasteiger partial charge is 0.491 e. The van der Waals surface area contributed by atoms with Crippen LogP contribution in [-0.2, 0) is 16.0 Å². The van der Waals surface area contributed by atoms with Gasteiger partial charge in [-0.15, -0.1) is 0 Å². The van der Waals surface area contributed by atoms with Crippen LogP contribution in [0.2, 0.25) is 5.02 Å². The molecule has 2 aromatic rings. The number of carbonyl (C=O) groups is 1. The predicted molar refractivity (Wildman–Crippen MR) is 93.4 cm³/mol. The highest BCUT2D eigenvalue weighted by Crippen LogP contribution is 2.15. The summed E-state index contributed by atoms with van der Waals surface area (Å²) in [5, 5.41) is 0.623. The Morgan fingerprint density at radius 2 is 2.08 bits per heavy atom. The van der Waals surface area contributed by atoms with E-state index in [1.807, 2.05) is 12.1 Å². The molecule has 1 aliphatic heterocycles. The second-order valence-corrected chi connectivity index (χ2v) is 6.34. The Balaban J connectivity index is 1.51. The van der Waals surface area contributed by atoms with Gasteiger partial charge >= 0.3 is 0 Å². The molecule has 0 bridgehead atoms. The molecule has 1 aliphatic rings. The van der Waals surface area contributed by atoms with Crippen LogP contribution in [0.5, 0.6) is 5.75 Å². The molecule has 4 nitrogen and oxygen atoms in total. The SMILES string of the molecule is O=C(Cc1cccc(Cl)c1)N1CCOC(COc2ccc(F)cc2)C1. The van der Waals surface area contributed by atoms with Gasteiger partial charge in [-0.3, -0.25) is 4.79 Å². The Bertz CT molecular complexity index is 723. The molecular weight excluding hydrogens is 345 g/mol. The zero-order valence-corrected chi connectivity index (χ0v) is 14.4.